The van der Waals surface area contributed by atoms with Gasteiger partial charge in [-0.05, 0) is 37.6 Å². The normalized spacial score (nSPS) is 10.5. The molecule has 0 bridgehead atoms. The molecule has 0 saturated carbocycles. The van der Waals surface area contributed by atoms with Crippen LogP contribution >= 0.6 is 0 Å². The Labute approximate surface area is 111 Å². The summed E-state index contributed by atoms with van der Waals surface area (Å²) in [6.45, 7) is 4.45. The Hall–Kier alpha value is -2.17. The number of aromatic nitrogens is 2. The second kappa shape index (κ2) is 5.65. The van der Waals surface area contributed by atoms with Crippen molar-refractivity contribution in [2.75, 3.05) is 6.54 Å². The first-order valence-electron chi connectivity index (χ1n) is 6.22. The van der Waals surface area contributed by atoms with Crippen LogP contribution in [0.25, 0.3) is 5.69 Å². The Morgan fingerprint density at radius 1 is 1.37 bits per heavy atom. The fraction of sp³-hybridized carbons (Fsp3) is 0.286. The number of benzene rings is 1. The van der Waals surface area contributed by atoms with Gasteiger partial charge in [0.2, 0.25) is 0 Å². The molecule has 0 saturated heterocycles. The van der Waals surface area contributed by atoms with E-state index in [0.717, 1.165) is 17.8 Å². The Bertz CT molecular complexity index is 575. The van der Waals surface area contributed by atoms with Crippen molar-refractivity contribution in [3.05, 3.63) is 47.5 Å². The largest absolute Gasteiger partial charge is 0.352 e. The van der Waals surface area contributed by atoms with Crippen molar-refractivity contribution in [1.29, 1.82) is 0 Å². The van der Waals surface area contributed by atoms with Gasteiger partial charge >= 0.3 is 0 Å². The topological polar surface area (TPSA) is 46.9 Å². The Balaban J connectivity index is 2.27. The van der Waals surface area contributed by atoms with Crippen molar-refractivity contribution in [3.8, 4) is 5.69 Å². The van der Waals surface area contributed by atoms with Gasteiger partial charge in [-0.3, -0.25) is 4.79 Å². The van der Waals surface area contributed by atoms with Crippen LogP contribution in [0.4, 0.5) is 4.39 Å². The number of hydrogen-bond donors (Lipinski definition) is 1. The summed E-state index contributed by atoms with van der Waals surface area (Å²) in [4.78, 5) is 11.9. The van der Waals surface area contributed by atoms with E-state index in [-0.39, 0.29) is 11.7 Å². The maximum absolute atomic E-state index is 12.9. The van der Waals surface area contributed by atoms with Crippen molar-refractivity contribution in [3.63, 3.8) is 0 Å². The molecule has 1 aromatic heterocycles. The van der Waals surface area contributed by atoms with E-state index in [0.29, 0.717) is 12.1 Å². The van der Waals surface area contributed by atoms with Gasteiger partial charge in [-0.15, -0.1) is 0 Å². The second-order valence-corrected chi connectivity index (χ2v) is 4.29. The van der Waals surface area contributed by atoms with E-state index in [9.17, 15) is 9.18 Å². The molecule has 1 amide bonds. The van der Waals surface area contributed by atoms with E-state index in [1.54, 1.807) is 16.8 Å². The molecule has 0 aliphatic heterocycles. The number of amides is 1. The molecule has 2 rings (SSSR count). The molecule has 1 N–H and O–H groups in total. The Morgan fingerprint density at radius 3 is 2.68 bits per heavy atom. The van der Waals surface area contributed by atoms with E-state index in [1.165, 1.54) is 18.3 Å². The first-order chi connectivity index (χ1) is 9.13. The zero-order valence-corrected chi connectivity index (χ0v) is 11.0. The third-order valence-corrected chi connectivity index (χ3v) is 2.86. The van der Waals surface area contributed by atoms with Crippen LogP contribution < -0.4 is 5.32 Å². The van der Waals surface area contributed by atoms with Gasteiger partial charge in [0.1, 0.15) is 5.82 Å². The maximum atomic E-state index is 12.9. The molecule has 2 aromatic rings. The summed E-state index contributed by atoms with van der Waals surface area (Å²) in [5.41, 5.74) is 2.01. The molecule has 1 heterocycles. The number of nitrogens with zero attached hydrogens (tertiary/aromatic N) is 2. The summed E-state index contributed by atoms with van der Waals surface area (Å²) in [5.74, 6) is -0.429. The smallest absolute Gasteiger partial charge is 0.254 e. The Morgan fingerprint density at radius 2 is 2.05 bits per heavy atom. The molecule has 0 atom stereocenters. The SMILES string of the molecule is CCCNC(=O)c1cnn(-c2ccc(F)cc2)c1C. The fourth-order valence-electron chi connectivity index (χ4n) is 1.81. The first kappa shape index (κ1) is 13.3. The number of hydrogen-bond acceptors (Lipinski definition) is 2. The average Bonchev–Trinajstić information content (AvgIpc) is 2.79. The van der Waals surface area contributed by atoms with Gasteiger partial charge in [0, 0.05) is 6.54 Å². The summed E-state index contributed by atoms with van der Waals surface area (Å²) in [7, 11) is 0. The predicted octanol–water partition coefficient (Wildman–Crippen LogP) is 2.46. The molecule has 0 aliphatic carbocycles. The number of halogens is 1. The number of rotatable bonds is 4. The van der Waals surface area contributed by atoms with E-state index < -0.39 is 0 Å². The van der Waals surface area contributed by atoms with Crippen LogP contribution in [-0.4, -0.2) is 22.2 Å². The molecular formula is C14H16FN3O. The molecule has 0 radical (unpaired) electrons. The molecule has 0 spiro atoms. The first-order valence-corrected chi connectivity index (χ1v) is 6.22. The molecule has 1 aromatic carbocycles. The lowest BCUT2D eigenvalue weighted by atomic mass is 10.2. The van der Waals surface area contributed by atoms with E-state index in [2.05, 4.69) is 10.4 Å². The van der Waals surface area contributed by atoms with Gasteiger partial charge in [-0.1, -0.05) is 6.92 Å². The molecule has 0 fully saturated rings. The number of carbonyl (C=O) groups is 1. The summed E-state index contributed by atoms with van der Waals surface area (Å²) in [6.07, 6.45) is 2.42. The monoisotopic (exact) mass is 261 g/mol. The minimum atomic E-state index is -0.297. The van der Waals surface area contributed by atoms with Gasteiger partial charge in [-0.25, -0.2) is 9.07 Å². The van der Waals surface area contributed by atoms with E-state index in [1.807, 2.05) is 13.8 Å². The molecular weight excluding hydrogens is 245 g/mol. The predicted molar refractivity (Wildman–Crippen MR) is 70.9 cm³/mol. The second-order valence-electron chi connectivity index (χ2n) is 4.29. The van der Waals surface area contributed by atoms with Crippen molar-refractivity contribution in [2.45, 2.75) is 20.3 Å². The lowest BCUT2D eigenvalue weighted by molar-refractivity contribution is 0.0953. The molecule has 5 heteroatoms. The van der Waals surface area contributed by atoms with Gasteiger partial charge in [0.15, 0.2) is 0 Å². The highest BCUT2D eigenvalue weighted by Crippen LogP contribution is 2.14. The van der Waals surface area contributed by atoms with Crippen molar-refractivity contribution < 1.29 is 9.18 Å². The molecule has 0 aliphatic rings. The zero-order chi connectivity index (χ0) is 13.8. The highest BCUT2D eigenvalue weighted by atomic mass is 19.1. The van der Waals surface area contributed by atoms with E-state index >= 15 is 0 Å². The quantitative estimate of drug-likeness (QED) is 0.919. The Kier molecular flexibility index (Phi) is 3.94. The minimum Gasteiger partial charge on any atom is -0.352 e. The van der Waals surface area contributed by atoms with Gasteiger partial charge in [0.25, 0.3) is 5.91 Å². The molecule has 0 unspecified atom stereocenters. The van der Waals surface area contributed by atoms with Crippen molar-refractivity contribution in [1.82, 2.24) is 15.1 Å². The maximum Gasteiger partial charge on any atom is 0.254 e. The van der Waals surface area contributed by atoms with Crippen LogP contribution in [-0.2, 0) is 0 Å². The number of carbonyl (C=O) groups excluding carboxylic acids is 1. The molecule has 100 valence electrons. The third kappa shape index (κ3) is 2.81. The van der Waals surface area contributed by atoms with Gasteiger partial charge < -0.3 is 5.32 Å². The summed E-state index contributed by atoms with van der Waals surface area (Å²) >= 11 is 0. The highest BCUT2D eigenvalue weighted by molar-refractivity contribution is 5.95. The standard InChI is InChI=1S/C14H16FN3O/c1-3-8-16-14(19)13-9-17-18(10(13)2)12-6-4-11(15)5-7-12/h4-7,9H,3,8H2,1-2H3,(H,16,19). The fourth-order valence-corrected chi connectivity index (χ4v) is 1.81. The number of nitrogens with one attached hydrogen (secondary N) is 1. The third-order valence-electron chi connectivity index (χ3n) is 2.86. The highest BCUT2D eigenvalue weighted by Gasteiger charge is 2.14. The lowest BCUT2D eigenvalue weighted by Gasteiger charge is -2.06. The summed E-state index contributed by atoms with van der Waals surface area (Å²) in [5, 5.41) is 6.99. The molecule has 4 nitrogen and oxygen atoms in total. The average molecular weight is 261 g/mol. The lowest BCUT2D eigenvalue weighted by Crippen LogP contribution is -2.24. The van der Waals surface area contributed by atoms with E-state index in [4.69, 9.17) is 0 Å². The minimum absolute atomic E-state index is 0.132. The van der Waals surface area contributed by atoms with Gasteiger partial charge in [-0.2, -0.15) is 5.10 Å². The van der Waals surface area contributed by atoms with Crippen molar-refractivity contribution in [2.24, 2.45) is 0 Å². The van der Waals surface area contributed by atoms with Gasteiger partial charge in [0.05, 0.1) is 23.1 Å². The van der Waals surface area contributed by atoms with Crippen LogP contribution in [0.1, 0.15) is 29.4 Å². The van der Waals surface area contributed by atoms with Crippen LogP contribution in [0.15, 0.2) is 30.5 Å². The van der Waals surface area contributed by atoms with Crippen LogP contribution in [0.3, 0.4) is 0 Å². The zero-order valence-electron chi connectivity index (χ0n) is 11.0. The summed E-state index contributed by atoms with van der Waals surface area (Å²) < 4.78 is 14.5. The van der Waals surface area contributed by atoms with Crippen molar-refractivity contribution >= 4 is 5.91 Å². The molecule has 19 heavy (non-hydrogen) atoms. The van der Waals surface area contributed by atoms with Crippen LogP contribution in [0.5, 0.6) is 0 Å². The summed E-state index contributed by atoms with van der Waals surface area (Å²) in [6, 6.07) is 5.99. The van der Waals surface area contributed by atoms with Crippen LogP contribution in [0.2, 0.25) is 0 Å². The van der Waals surface area contributed by atoms with Crippen LogP contribution in [0, 0.1) is 12.7 Å².